The molecule has 0 radical (unpaired) electrons. The first-order valence-corrected chi connectivity index (χ1v) is 10.1. The van der Waals surface area contributed by atoms with Crippen LogP contribution in [-0.2, 0) is 14.8 Å². The van der Waals surface area contributed by atoms with Gasteiger partial charge in [0.05, 0.1) is 22.5 Å². The second-order valence-corrected chi connectivity index (χ2v) is 8.18. The van der Waals surface area contributed by atoms with Gasteiger partial charge in [-0.3, -0.25) is 4.79 Å². The summed E-state index contributed by atoms with van der Waals surface area (Å²) >= 11 is 0. The Morgan fingerprint density at radius 2 is 2.11 bits per heavy atom. The third-order valence-corrected chi connectivity index (χ3v) is 5.25. The van der Waals surface area contributed by atoms with Crippen molar-refractivity contribution in [2.45, 2.75) is 43.2 Å². The number of nitrogens with one attached hydrogen (secondary N) is 1. The highest BCUT2D eigenvalue weighted by Gasteiger charge is 2.39. The maximum atomic E-state index is 12.5. The molecule has 0 saturated carbocycles. The minimum absolute atomic E-state index is 0.104. The van der Waals surface area contributed by atoms with Crippen LogP contribution in [0.1, 0.15) is 31.2 Å². The van der Waals surface area contributed by atoms with E-state index in [0.29, 0.717) is 30.6 Å². The number of terminal acetylenes is 1. The maximum Gasteiger partial charge on any atom is 0.238 e. The predicted octanol–water partition coefficient (Wildman–Crippen LogP) is 2.12. The molecule has 0 unspecified atom stereocenters. The van der Waals surface area contributed by atoms with Gasteiger partial charge in [0.2, 0.25) is 15.9 Å². The van der Waals surface area contributed by atoms with E-state index >= 15 is 0 Å². The Bertz CT molecular complexity index is 1070. The summed E-state index contributed by atoms with van der Waals surface area (Å²) < 4.78 is 24.9. The minimum Gasteiger partial charge on any atom is -0.324 e. The van der Waals surface area contributed by atoms with Crippen LogP contribution in [-0.4, -0.2) is 29.8 Å². The molecule has 0 fully saturated rings. The zero-order valence-electron chi connectivity index (χ0n) is 15.3. The van der Waals surface area contributed by atoms with Crippen molar-refractivity contribution in [2.24, 2.45) is 15.4 Å². The Balaban J connectivity index is 1.79. The van der Waals surface area contributed by atoms with E-state index in [1.54, 1.807) is 23.1 Å². The largest absolute Gasteiger partial charge is 0.324 e. The van der Waals surface area contributed by atoms with E-state index in [2.05, 4.69) is 26.6 Å². The molecule has 0 aliphatic carbocycles. The van der Waals surface area contributed by atoms with Crippen molar-refractivity contribution < 1.29 is 13.2 Å². The Morgan fingerprint density at radius 3 is 2.68 bits per heavy atom. The molecule has 0 bridgehead atoms. The lowest BCUT2D eigenvalue weighted by Gasteiger charge is -2.14. The average molecular weight is 400 g/mol. The molecule has 0 saturated heterocycles. The molecule has 28 heavy (non-hydrogen) atoms. The highest BCUT2D eigenvalue weighted by Crippen LogP contribution is 2.37. The van der Waals surface area contributed by atoms with Crippen LogP contribution in [0, 0.1) is 19.3 Å². The standard InChI is InChI=1S/C18H20N6O3S/c1-3-4-8-18(22-23-18)9-7-17(25)21-15-10-14(28(19,26)27)5-6-16(15)24-12-13(2)11-20-24/h1,5-6,10-12H,4,7-9H2,2H3,(H,21,25)(H2,19,26,27). The molecule has 2 heterocycles. The first kappa shape index (κ1) is 19.7. The summed E-state index contributed by atoms with van der Waals surface area (Å²) in [6.07, 6.45) is 10.4. The van der Waals surface area contributed by atoms with Gasteiger partial charge in [-0.05, 0) is 30.7 Å². The molecule has 1 aromatic heterocycles. The number of aromatic nitrogens is 2. The number of carbonyl (C=O) groups is 1. The average Bonchev–Trinajstić information content (AvgIpc) is 3.29. The maximum absolute atomic E-state index is 12.5. The Morgan fingerprint density at radius 1 is 1.36 bits per heavy atom. The number of primary sulfonamides is 1. The lowest BCUT2D eigenvalue weighted by molar-refractivity contribution is -0.116. The van der Waals surface area contributed by atoms with E-state index in [4.69, 9.17) is 11.6 Å². The number of nitrogens with two attached hydrogens (primary N) is 1. The second-order valence-electron chi connectivity index (χ2n) is 6.62. The number of carbonyl (C=O) groups excluding carboxylic acids is 1. The summed E-state index contributed by atoms with van der Waals surface area (Å²) in [6.45, 7) is 1.87. The SMILES string of the molecule is C#CCCC1(CCC(=O)Nc2cc(S(N)(=O)=O)ccc2-n2cc(C)cn2)N=N1. The van der Waals surface area contributed by atoms with Crippen LogP contribution >= 0.6 is 0 Å². The number of amides is 1. The molecule has 10 heteroatoms. The number of nitrogens with zero attached hydrogens (tertiary/aromatic N) is 4. The Kier molecular flexibility index (Phi) is 5.31. The summed E-state index contributed by atoms with van der Waals surface area (Å²) in [5, 5.41) is 20.2. The molecule has 9 nitrogen and oxygen atoms in total. The van der Waals surface area contributed by atoms with Gasteiger partial charge in [0, 0.05) is 31.9 Å². The van der Waals surface area contributed by atoms with Gasteiger partial charge >= 0.3 is 0 Å². The van der Waals surface area contributed by atoms with E-state index in [1.807, 2.05) is 6.92 Å². The van der Waals surface area contributed by atoms with E-state index in [0.717, 1.165) is 5.56 Å². The Hall–Kier alpha value is -3.03. The van der Waals surface area contributed by atoms with Crippen LogP contribution in [0.3, 0.4) is 0 Å². The second kappa shape index (κ2) is 7.53. The van der Waals surface area contributed by atoms with Gasteiger partial charge in [-0.15, -0.1) is 12.3 Å². The molecule has 1 aromatic carbocycles. The van der Waals surface area contributed by atoms with Crippen LogP contribution in [0.2, 0.25) is 0 Å². The van der Waals surface area contributed by atoms with Crippen molar-refractivity contribution in [3.63, 3.8) is 0 Å². The first-order chi connectivity index (χ1) is 13.2. The van der Waals surface area contributed by atoms with Crippen LogP contribution in [0.25, 0.3) is 5.69 Å². The number of benzene rings is 1. The van der Waals surface area contributed by atoms with Gasteiger partial charge in [-0.1, -0.05) is 0 Å². The molecule has 0 atom stereocenters. The van der Waals surface area contributed by atoms with Crippen LogP contribution in [0.15, 0.2) is 45.7 Å². The van der Waals surface area contributed by atoms with Crippen molar-refractivity contribution >= 4 is 21.6 Å². The van der Waals surface area contributed by atoms with Crippen molar-refractivity contribution in [3.8, 4) is 18.0 Å². The number of anilines is 1. The fourth-order valence-corrected chi connectivity index (χ4v) is 3.27. The molecule has 1 aliphatic rings. The predicted molar refractivity (Wildman–Crippen MR) is 103 cm³/mol. The highest BCUT2D eigenvalue weighted by atomic mass is 32.2. The third kappa shape index (κ3) is 4.62. The van der Waals surface area contributed by atoms with E-state index in [1.165, 1.54) is 12.1 Å². The first-order valence-electron chi connectivity index (χ1n) is 8.58. The Labute approximate surface area is 163 Å². The molecule has 3 rings (SSSR count). The number of hydrogen-bond acceptors (Lipinski definition) is 6. The van der Waals surface area contributed by atoms with Gasteiger partial charge < -0.3 is 5.32 Å². The topological polar surface area (TPSA) is 132 Å². The zero-order chi connectivity index (χ0) is 20.4. The van der Waals surface area contributed by atoms with Crippen molar-refractivity contribution in [2.75, 3.05) is 5.32 Å². The van der Waals surface area contributed by atoms with Crippen LogP contribution in [0.5, 0.6) is 0 Å². The molecule has 3 N–H and O–H groups in total. The third-order valence-electron chi connectivity index (χ3n) is 4.33. The normalized spacial score (nSPS) is 14.5. The van der Waals surface area contributed by atoms with Gasteiger partial charge in [-0.25, -0.2) is 18.2 Å². The lowest BCUT2D eigenvalue weighted by atomic mass is 10.0. The monoisotopic (exact) mass is 400 g/mol. The van der Waals surface area contributed by atoms with E-state index < -0.39 is 15.7 Å². The zero-order valence-corrected chi connectivity index (χ0v) is 16.1. The summed E-state index contributed by atoms with van der Waals surface area (Å²) in [4.78, 5) is 12.4. The van der Waals surface area contributed by atoms with Gasteiger partial charge in [0.15, 0.2) is 5.66 Å². The summed E-state index contributed by atoms with van der Waals surface area (Å²) in [5.74, 6) is 2.24. The molecule has 0 spiro atoms. The van der Waals surface area contributed by atoms with E-state index in [-0.39, 0.29) is 17.2 Å². The molecular weight excluding hydrogens is 380 g/mol. The van der Waals surface area contributed by atoms with Gasteiger partial charge in [0.1, 0.15) is 0 Å². The van der Waals surface area contributed by atoms with Crippen molar-refractivity contribution in [1.29, 1.82) is 0 Å². The highest BCUT2D eigenvalue weighted by molar-refractivity contribution is 7.89. The fourth-order valence-electron chi connectivity index (χ4n) is 2.73. The van der Waals surface area contributed by atoms with Crippen LogP contribution in [0.4, 0.5) is 5.69 Å². The molecule has 2 aromatic rings. The minimum atomic E-state index is -3.92. The summed E-state index contributed by atoms with van der Waals surface area (Å²) in [7, 11) is -3.92. The van der Waals surface area contributed by atoms with Crippen molar-refractivity contribution in [3.05, 3.63) is 36.2 Å². The summed E-state index contributed by atoms with van der Waals surface area (Å²) in [5.41, 5.74) is 1.17. The molecule has 1 amide bonds. The molecule has 1 aliphatic heterocycles. The van der Waals surface area contributed by atoms with Gasteiger partial charge in [-0.2, -0.15) is 15.3 Å². The summed E-state index contributed by atoms with van der Waals surface area (Å²) in [6, 6.07) is 4.23. The molecular formula is C18H20N6O3S. The smallest absolute Gasteiger partial charge is 0.238 e. The number of hydrogen-bond donors (Lipinski definition) is 2. The van der Waals surface area contributed by atoms with Crippen molar-refractivity contribution in [1.82, 2.24) is 9.78 Å². The number of rotatable bonds is 8. The molecule has 146 valence electrons. The fraction of sp³-hybridized carbons (Fsp3) is 0.333. The lowest BCUT2D eigenvalue weighted by Crippen LogP contribution is -2.19. The number of aryl methyl sites for hydroxylation is 1. The van der Waals surface area contributed by atoms with Crippen LogP contribution < -0.4 is 10.5 Å². The quantitative estimate of drug-likeness (QED) is 0.657. The van der Waals surface area contributed by atoms with E-state index in [9.17, 15) is 13.2 Å². The number of sulfonamides is 1. The van der Waals surface area contributed by atoms with Gasteiger partial charge in [0.25, 0.3) is 0 Å².